The first kappa shape index (κ1) is 7.44. The van der Waals surface area contributed by atoms with Gasteiger partial charge in [0.1, 0.15) is 0 Å². The number of allylic oxidation sites excluding steroid dienone is 1. The summed E-state index contributed by atoms with van der Waals surface area (Å²) in [6.45, 7) is 0. The number of rotatable bonds is 0. The molecule has 0 spiro atoms. The molecule has 0 unspecified atom stereocenters. The van der Waals surface area contributed by atoms with Crippen molar-refractivity contribution in [3.8, 4) is 0 Å². The molecule has 1 aliphatic heterocycles. The van der Waals surface area contributed by atoms with Crippen LogP contribution in [-0.2, 0) is 6.42 Å². The lowest BCUT2D eigenvalue weighted by molar-refractivity contribution is 1.16. The molecule has 2 rings (SSSR count). The van der Waals surface area contributed by atoms with Crippen LogP contribution in [0.15, 0.2) is 39.1 Å². The largest absolute Gasteiger partial charge is 0.0969 e. The lowest BCUT2D eigenvalue weighted by Crippen LogP contribution is -1.91. The molecule has 56 valence electrons. The van der Waals surface area contributed by atoms with E-state index in [0.717, 1.165) is 6.42 Å². The topological polar surface area (TPSA) is 0 Å². The van der Waals surface area contributed by atoms with Crippen molar-refractivity contribution in [2.75, 3.05) is 0 Å². The van der Waals surface area contributed by atoms with Gasteiger partial charge in [-0.05, 0) is 17.0 Å². The van der Waals surface area contributed by atoms with Crippen molar-refractivity contribution in [3.63, 3.8) is 0 Å². The zero-order valence-electron chi connectivity index (χ0n) is 5.88. The van der Waals surface area contributed by atoms with Crippen LogP contribution in [0, 0.1) is 0 Å². The molecule has 2 heteroatoms. The number of benzene rings is 1. The maximum Gasteiger partial charge on any atom is 0.0152 e. The number of hydrogen-bond acceptors (Lipinski definition) is 1. The molecule has 0 nitrogen and oxygen atoms in total. The van der Waals surface area contributed by atoms with E-state index >= 15 is 0 Å². The van der Waals surface area contributed by atoms with E-state index in [2.05, 4.69) is 45.6 Å². The van der Waals surface area contributed by atoms with E-state index in [0.29, 0.717) is 0 Å². The molecule has 0 saturated heterocycles. The molecule has 1 aromatic rings. The Labute approximate surface area is 78.8 Å². The predicted molar refractivity (Wildman–Crippen MR) is 53.0 cm³/mol. The van der Waals surface area contributed by atoms with Gasteiger partial charge >= 0.3 is 0 Å². The van der Waals surface area contributed by atoms with E-state index in [1.807, 2.05) is 0 Å². The molecule has 1 aliphatic rings. The Kier molecular flexibility index (Phi) is 2.05. The normalized spacial score (nSPS) is 15.5. The summed E-state index contributed by atoms with van der Waals surface area (Å²) >= 11 is 5.29. The van der Waals surface area contributed by atoms with Gasteiger partial charge in [0.15, 0.2) is 0 Å². The fourth-order valence-corrected chi connectivity index (χ4v) is 2.49. The molecule has 0 bridgehead atoms. The van der Waals surface area contributed by atoms with E-state index in [1.165, 1.54) is 14.9 Å². The highest BCUT2D eigenvalue weighted by Crippen LogP contribution is 2.33. The smallest absolute Gasteiger partial charge is 0.0152 e. The maximum absolute atomic E-state index is 3.50. The van der Waals surface area contributed by atoms with Gasteiger partial charge < -0.3 is 0 Å². The molecule has 0 aromatic heterocycles. The Morgan fingerprint density at radius 2 is 2.09 bits per heavy atom. The second-order valence-electron chi connectivity index (χ2n) is 2.47. The van der Waals surface area contributed by atoms with Crippen LogP contribution < -0.4 is 0 Å². The van der Waals surface area contributed by atoms with Crippen molar-refractivity contribution in [3.05, 3.63) is 39.7 Å². The van der Waals surface area contributed by atoms with E-state index in [9.17, 15) is 0 Å². The summed E-state index contributed by atoms with van der Waals surface area (Å²) in [6.07, 6.45) is 1.04. The molecular formula is C9H7BrS. The van der Waals surface area contributed by atoms with Crippen molar-refractivity contribution in [1.29, 1.82) is 0 Å². The highest BCUT2D eigenvalue weighted by molar-refractivity contribution is 9.11. The van der Waals surface area contributed by atoms with Gasteiger partial charge in [-0.25, -0.2) is 0 Å². The molecule has 11 heavy (non-hydrogen) atoms. The third-order valence-corrected chi connectivity index (χ3v) is 3.51. The minimum absolute atomic E-state index is 1.04. The van der Waals surface area contributed by atoms with Crippen molar-refractivity contribution >= 4 is 27.7 Å². The lowest BCUT2D eigenvalue weighted by atomic mass is 10.1. The summed E-state index contributed by atoms with van der Waals surface area (Å²) in [7, 11) is 0. The molecule has 0 atom stereocenters. The van der Waals surface area contributed by atoms with E-state index < -0.39 is 0 Å². The van der Waals surface area contributed by atoms with E-state index in [4.69, 9.17) is 0 Å². The average Bonchev–Trinajstić information content (AvgIpc) is 2.04. The van der Waals surface area contributed by atoms with Crippen LogP contribution >= 0.6 is 27.7 Å². The zero-order chi connectivity index (χ0) is 7.68. The molecular weight excluding hydrogens is 220 g/mol. The van der Waals surface area contributed by atoms with Crippen molar-refractivity contribution < 1.29 is 0 Å². The molecule has 0 fully saturated rings. The molecule has 0 aliphatic carbocycles. The molecule has 1 heterocycles. The molecule has 1 aromatic carbocycles. The van der Waals surface area contributed by atoms with Crippen LogP contribution in [0.4, 0.5) is 0 Å². The number of fused-ring (bicyclic) bond motifs is 1. The first-order chi connectivity index (χ1) is 5.36. The number of thioether (sulfide) groups is 1. The molecule has 0 N–H and O–H groups in total. The Morgan fingerprint density at radius 1 is 1.27 bits per heavy atom. The van der Waals surface area contributed by atoms with Gasteiger partial charge in [-0.15, -0.1) is 0 Å². The van der Waals surface area contributed by atoms with Crippen molar-refractivity contribution in [2.45, 2.75) is 11.3 Å². The van der Waals surface area contributed by atoms with Crippen LogP contribution in [0.2, 0.25) is 0 Å². The summed E-state index contributed by atoms with van der Waals surface area (Å²) in [5.74, 6) is 0. The molecule has 0 radical (unpaired) electrons. The SMILES string of the molecule is BrC1=CSc2ccccc2C1. The maximum atomic E-state index is 3.50. The van der Waals surface area contributed by atoms with Gasteiger partial charge in [-0.2, -0.15) is 0 Å². The average molecular weight is 227 g/mol. The van der Waals surface area contributed by atoms with Gasteiger partial charge in [-0.1, -0.05) is 45.9 Å². The Morgan fingerprint density at radius 3 is 3.00 bits per heavy atom. The third kappa shape index (κ3) is 1.52. The quantitative estimate of drug-likeness (QED) is 0.652. The van der Waals surface area contributed by atoms with Gasteiger partial charge in [-0.3, -0.25) is 0 Å². The minimum Gasteiger partial charge on any atom is -0.0969 e. The standard InChI is InChI=1S/C9H7BrS/c10-8-5-7-3-1-2-4-9(7)11-6-8/h1-4,6H,5H2. The summed E-state index contributed by atoms with van der Waals surface area (Å²) in [5.41, 5.74) is 1.42. The predicted octanol–water partition coefficient (Wildman–Crippen LogP) is 3.57. The van der Waals surface area contributed by atoms with Crippen LogP contribution in [0.3, 0.4) is 0 Å². The molecule has 0 amide bonds. The van der Waals surface area contributed by atoms with Crippen LogP contribution in [0.1, 0.15) is 5.56 Å². The summed E-state index contributed by atoms with van der Waals surface area (Å²) in [4.78, 5) is 1.38. The van der Waals surface area contributed by atoms with E-state index in [-0.39, 0.29) is 0 Å². The van der Waals surface area contributed by atoms with Crippen LogP contribution in [0.5, 0.6) is 0 Å². The van der Waals surface area contributed by atoms with E-state index in [1.54, 1.807) is 11.8 Å². The second kappa shape index (κ2) is 3.03. The number of hydrogen-bond donors (Lipinski definition) is 0. The Bertz CT molecular complexity index is 304. The van der Waals surface area contributed by atoms with Gasteiger partial charge in [0, 0.05) is 15.8 Å². The number of halogens is 1. The van der Waals surface area contributed by atoms with Gasteiger partial charge in [0.05, 0.1) is 0 Å². The van der Waals surface area contributed by atoms with Crippen LogP contribution in [0.25, 0.3) is 0 Å². The first-order valence-electron chi connectivity index (χ1n) is 3.45. The van der Waals surface area contributed by atoms with Gasteiger partial charge in [0.2, 0.25) is 0 Å². The van der Waals surface area contributed by atoms with Crippen molar-refractivity contribution in [1.82, 2.24) is 0 Å². The lowest BCUT2D eigenvalue weighted by Gasteiger charge is -2.11. The fourth-order valence-electron chi connectivity index (χ4n) is 1.12. The summed E-state index contributed by atoms with van der Waals surface area (Å²) < 4.78 is 1.28. The first-order valence-corrected chi connectivity index (χ1v) is 5.12. The monoisotopic (exact) mass is 226 g/mol. The second-order valence-corrected chi connectivity index (χ2v) is 4.40. The summed E-state index contributed by atoms with van der Waals surface area (Å²) in [5, 5.41) is 2.16. The highest BCUT2D eigenvalue weighted by Gasteiger charge is 2.07. The zero-order valence-corrected chi connectivity index (χ0v) is 8.28. The fraction of sp³-hybridized carbons (Fsp3) is 0.111. The summed E-state index contributed by atoms with van der Waals surface area (Å²) in [6, 6.07) is 8.51. The van der Waals surface area contributed by atoms with Crippen LogP contribution in [-0.4, -0.2) is 0 Å². The molecule has 0 saturated carbocycles. The minimum atomic E-state index is 1.04. The van der Waals surface area contributed by atoms with Crippen molar-refractivity contribution in [2.24, 2.45) is 0 Å². The van der Waals surface area contributed by atoms with Gasteiger partial charge in [0.25, 0.3) is 0 Å². The third-order valence-electron chi connectivity index (χ3n) is 1.65. The highest BCUT2D eigenvalue weighted by atomic mass is 79.9. The Balaban J connectivity index is 2.42. The Hall–Kier alpha value is -0.210.